The smallest absolute Gasteiger partial charge is 0.321 e. The van der Waals surface area contributed by atoms with Crippen molar-refractivity contribution in [2.45, 2.75) is 6.42 Å². The fourth-order valence-corrected chi connectivity index (χ4v) is 2.72. The van der Waals surface area contributed by atoms with Crippen LogP contribution in [0.4, 0.5) is 10.5 Å². The zero-order chi connectivity index (χ0) is 16.4. The summed E-state index contributed by atoms with van der Waals surface area (Å²) in [5.74, 6) is -1.37. The lowest BCUT2D eigenvalue weighted by Crippen LogP contribution is -2.34. The van der Waals surface area contributed by atoms with Crippen LogP contribution in [0.15, 0.2) is 36.7 Å². The molecule has 0 spiro atoms. The standard InChI is InChI=1S/C15H15ClN4O3/c16-11-2-3-12(13(8-11)20-6-1-5-17-20)18-15(23)19-7-4-10(9-19)14(21)22/h1-3,5-6,8,10H,4,7,9H2,(H,18,23)(H,21,22). The molecule has 1 saturated heterocycles. The number of nitrogens with one attached hydrogen (secondary N) is 1. The number of carboxylic acids is 1. The molecule has 2 heterocycles. The van der Waals surface area contributed by atoms with Crippen LogP contribution in [0.3, 0.4) is 0 Å². The molecule has 7 nitrogen and oxygen atoms in total. The van der Waals surface area contributed by atoms with Crippen LogP contribution in [0.2, 0.25) is 5.02 Å². The number of carbonyl (C=O) groups excluding carboxylic acids is 1. The minimum absolute atomic E-state index is 0.214. The maximum absolute atomic E-state index is 12.3. The Labute approximate surface area is 137 Å². The molecule has 8 heteroatoms. The van der Waals surface area contributed by atoms with Gasteiger partial charge in [-0.25, -0.2) is 9.48 Å². The lowest BCUT2D eigenvalue weighted by molar-refractivity contribution is -0.141. The molecular weight excluding hydrogens is 320 g/mol. The van der Waals surface area contributed by atoms with Gasteiger partial charge >= 0.3 is 12.0 Å². The van der Waals surface area contributed by atoms with Crippen molar-refractivity contribution >= 4 is 29.3 Å². The molecule has 2 amide bonds. The SMILES string of the molecule is O=C(O)C1CCN(C(=O)Nc2ccc(Cl)cc2-n2cccn2)C1. The molecule has 2 N–H and O–H groups in total. The summed E-state index contributed by atoms with van der Waals surface area (Å²) in [7, 11) is 0. The number of amides is 2. The van der Waals surface area contributed by atoms with Crippen LogP contribution in [-0.2, 0) is 4.79 Å². The second kappa shape index (κ2) is 6.29. The third kappa shape index (κ3) is 3.29. The van der Waals surface area contributed by atoms with E-state index in [0.717, 1.165) is 0 Å². The average Bonchev–Trinajstić information content (AvgIpc) is 3.20. The second-order valence-corrected chi connectivity index (χ2v) is 5.75. The monoisotopic (exact) mass is 334 g/mol. The molecule has 1 aliphatic rings. The Morgan fingerprint density at radius 3 is 2.87 bits per heavy atom. The first kappa shape index (κ1) is 15.4. The first-order chi connectivity index (χ1) is 11.0. The average molecular weight is 335 g/mol. The second-order valence-electron chi connectivity index (χ2n) is 5.31. The van der Waals surface area contributed by atoms with E-state index in [1.165, 1.54) is 4.90 Å². The quantitative estimate of drug-likeness (QED) is 0.902. The molecule has 1 aromatic carbocycles. The molecule has 0 bridgehead atoms. The number of aliphatic carboxylic acids is 1. The third-order valence-corrected chi connectivity index (χ3v) is 4.01. The Morgan fingerprint density at radius 2 is 2.22 bits per heavy atom. The molecule has 0 saturated carbocycles. The van der Waals surface area contributed by atoms with Gasteiger partial charge in [-0.15, -0.1) is 0 Å². The third-order valence-electron chi connectivity index (χ3n) is 3.78. The van der Waals surface area contributed by atoms with E-state index < -0.39 is 11.9 Å². The summed E-state index contributed by atoms with van der Waals surface area (Å²) >= 11 is 6.02. The van der Waals surface area contributed by atoms with Crippen molar-refractivity contribution < 1.29 is 14.7 Å². The number of anilines is 1. The molecular formula is C15H15ClN4O3. The highest BCUT2D eigenvalue weighted by Gasteiger charge is 2.31. The molecule has 2 aromatic rings. The topological polar surface area (TPSA) is 87.5 Å². The van der Waals surface area contributed by atoms with Crippen LogP contribution in [0.25, 0.3) is 5.69 Å². The van der Waals surface area contributed by atoms with E-state index in [4.69, 9.17) is 16.7 Å². The van der Waals surface area contributed by atoms with Crippen LogP contribution in [0.5, 0.6) is 0 Å². The van der Waals surface area contributed by atoms with Crippen LogP contribution in [-0.4, -0.2) is 44.9 Å². The number of nitrogens with zero attached hydrogens (tertiary/aromatic N) is 3. The number of hydrogen-bond acceptors (Lipinski definition) is 3. The van der Waals surface area contributed by atoms with Crippen LogP contribution >= 0.6 is 11.6 Å². The lowest BCUT2D eigenvalue weighted by atomic mass is 10.1. The fourth-order valence-electron chi connectivity index (χ4n) is 2.55. The van der Waals surface area contributed by atoms with Gasteiger partial charge in [0.25, 0.3) is 0 Å². The molecule has 1 aromatic heterocycles. The summed E-state index contributed by atoms with van der Waals surface area (Å²) in [5.41, 5.74) is 1.20. The van der Waals surface area contributed by atoms with Crippen molar-refractivity contribution in [3.05, 3.63) is 41.7 Å². The summed E-state index contributed by atoms with van der Waals surface area (Å²) in [6, 6.07) is 6.51. The van der Waals surface area contributed by atoms with E-state index in [1.54, 1.807) is 41.3 Å². The fraction of sp³-hybridized carbons (Fsp3) is 0.267. The van der Waals surface area contributed by atoms with E-state index in [1.807, 2.05) is 0 Å². The van der Waals surface area contributed by atoms with Crippen molar-refractivity contribution in [3.63, 3.8) is 0 Å². The van der Waals surface area contributed by atoms with E-state index in [-0.39, 0.29) is 12.6 Å². The Hall–Kier alpha value is -2.54. The number of likely N-dealkylation sites (tertiary alicyclic amines) is 1. The number of carbonyl (C=O) groups is 2. The van der Waals surface area contributed by atoms with Gasteiger partial charge in [-0.1, -0.05) is 11.6 Å². The molecule has 0 aliphatic carbocycles. The van der Waals surface area contributed by atoms with Gasteiger partial charge in [0.05, 0.1) is 17.3 Å². The minimum atomic E-state index is -0.871. The number of halogens is 1. The number of hydrogen-bond donors (Lipinski definition) is 2. The Morgan fingerprint density at radius 1 is 1.39 bits per heavy atom. The summed E-state index contributed by atoms with van der Waals surface area (Å²) in [4.78, 5) is 24.8. The van der Waals surface area contributed by atoms with E-state index in [0.29, 0.717) is 29.4 Å². The summed E-state index contributed by atoms with van der Waals surface area (Å²) in [6.45, 7) is 0.638. The number of benzene rings is 1. The maximum atomic E-state index is 12.3. The zero-order valence-corrected chi connectivity index (χ0v) is 12.9. The van der Waals surface area contributed by atoms with E-state index in [9.17, 15) is 9.59 Å². The Bertz CT molecular complexity index is 732. The molecule has 3 rings (SSSR count). The minimum Gasteiger partial charge on any atom is -0.481 e. The van der Waals surface area contributed by atoms with Gasteiger partial charge in [0, 0.05) is 30.5 Å². The molecule has 23 heavy (non-hydrogen) atoms. The van der Waals surface area contributed by atoms with Gasteiger partial charge in [0.15, 0.2) is 0 Å². The van der Waals surface area contributed by atoms with Gasteiger partial charge in [-0.2, -0.15) is 5.10 Å². The van der Waals surface area contributed by atoms with Crippen molar-refractivity contribution in [3.8, 4) is 5.69 Å². The predicted molar refractivity (Wildman–Crippen MR) is 84.9 cm³/mol. The van der Waals surface area contributed by atoms with Crippen molar-refractivity contribution in [2.24, 2.45) is 5.92 Å². The highest BCUT2D eigenvalue weighted by Crippen LogP contribution is 2.25. The first-order valence-corrected chi connectivity index (χ1v) is 7.50. The zero-order valence-electron chi connectivity index (χ0n) is 12.1. The molecule has 1 aliphatic heterocycles. The van der Waals surface area contributed by atoms with Gasteiger partial charge < -0.3 is 15.3 Å². The Balaban J connectivity index is 1.78. The van der Waals surface area contributed by atoms with Crippen LogP contribution in [0, 0.1) is 5.92 Å². The highest BCUT2D eigenvalue weighted by molar-refractivity contribution is 6.30. The molecule has 120 valence electrons. The molecule has 1 unspecified atom stereocenters. The van der Waals surface area contributed by atoms with E-state index in [2.05, 4.69) is 10.4 Å². The number of carboxylic acid groups (broad SMARTS) is 1. The van der Waals surface area contributed by atoms with Gasteiger partial charge in [-0.05, 0) is 30.7 Å². The number of rotatable bonds is 3. The predicted octanol–water partition coefficient (Wildman–Crippen LogP) is 2.46. The molecule has 0 radical (unpaired) electrons. The summed E-state index contributed by atoms with van der Waals surface area (Å²) in [5, 5.41) is 16.5. The first-order valence-electron chi connectivity index (χ1n) is 7.13. The normalized spacial score (nSPS) is 17.3. The lowest BCUT2D eigenvalue weighted by Gasteiger charge is -2.18. The highest BCUT2D eigenvalue weighted by atomic mass is 35.5. The van der Waals surface area contributed by atoms with Gasteiger partial charge in [0.2, 0.25) is 0 Å². The number of urea groups is 1. The molecule has 1 atom stereocenters. The largest absolute Gasteiger partial charge is 0.481 e. The van der Waals surface area contributed by atoms with Crippen LogP contribution < -0.4 is 5.32 Å². The van der Waals surface area contributed by atoms with Crippen molar-refractivity contribution in [2.75, 3.05) is 18.4 Å². The Kier molecular flexibility index (Phi) is 4.20. The van der Waals surface area contributed by atoms with Crippen LogP contribution in [0.1, 0.15) is 6.42 Å². The molecule has 1 fully saturated rings. The summed E-state index contributed by atoms with van der Waals surface area (Å²) in [6.07, 6.45) is 3.84. The maximum Gasteiger partial charge on any atom is 0.321 e. The van der Waals surface area contributed by atoms with Gasteiger partial charge in [0.1, 0.15) is 0 Å². The van der Waals surface area contributed by atoms with E-state index >= 15 is 0 Å². The number of aromatic nitrogens is 2. The van der Waals surface area contributed by atoms with Crippen molar-refractivity contribution in [1.82, 2.24) is 14.7 Å². The van der Waals surface area contributed by atoms with Crippen molar-refractivity contribution in [1.29, 1.82) is 0 Å². The van der Waals surface area contributed by atoms with Gasteiger partial charge in [-0.3, -0.25) is 4.79 Å². The summed E-state index contributed by atoms with van der Waals surface area (Å²) < 4.78 is 1.60.